The van der Waals surface area contributed by atoms with Crippen LogP contribution in [0.4, 0.5) is 11.5 Å². The normalized spacial score (nSPS) is 10.2. The van der Waals surface area contributed by atoms with Gasteiger partial charge in [0.1, 0.15) is 17.0 Å². The predicted molar refractivity (Wildman–Crippen MR) is 71.2 cm³/mol. The molecular formula is C12H14N4S. The summed E-state index contributed by atoms with van der Waals surface area (Å²) in [6.45, 7) is 2.81. The summed E-state index contributed by atoms with van der Waals surface area (Å²) >= 11 is 1.57. The van der Waals surface area contributed by atoms with Crippen molar-refractivity contribution >= 4 is 23.3 Å². The van der Waals surface area contributed by atoms with Crippen LogP contribution in [0.15, 0.2) is 46.6 Å². The van der Waals surface area contributed by atoms with E-state index in [9.17, 15) is 0 Å². The second kappa shape index (κ2) is 5.54. The van der Waals surface area contributed by atoms with Crippen molar-refractivity contribution in [3.8, 4) is 0 Å². The van der Waals surface area contributed by atoms with Crippen LogP contribution >= 0.6 is 11.8 Å². The Bertz CT molecular complexity index is 487. The highest BCUT2D eigenvalue weighted by Gasteiger charge is 2.09. The molecule has 1 heterocycles. The molecule has 88 valence electrons. The lowest BCUT2D eigenvalue weighted by molar-refractivity contribution is 1.04. The highest BCUT2D eigenvalue weighted by molar-refractivity contribution is 7.99. The van der Waals surface area contributed by atoms with Gasteiger partial charge in [-0.3, -0.25) is 0 Å². The van der Waals surface area contributed by atoms with Crippen LogP contribution in [0.2, 0.25) is 0 Å². The fourth-order valence-corrected chi connectivity index (χ4v) is 2.30. The Morgan fingerprint density at radius 3 is 2.71 bits per heavy atom. The average Bonchev–Trinajstić information content (AvgIpc) is 2.35. The fraction of sp³-hybridized carbons (Fsp3) is 0.167. The second-order valence-electron chi connectivity index (χ2n) is 3.38. The number of nitrogens with one attached hydrogen (secondary N) is 1. The third kappa shape index (κ3) is 2.88. The van der Waals surface area contributed by atoms with Crippen molar-refractivity contribution in [2.24, 2.45) is 0 Å². The van der Waals surface area contributed by atoms with Gasteiger partial charge in [-0.1, -0.05) is 30.0 Å². The molecule has 3 N–H and O–H groups in total. The molecule has 0 saturated carbocycles. The molecule has 4 nitrogen and oxygen atoms in total. The Labute approximate surface area is 105 Å². The van der Waals surface area contributed by atoms with Crippen LogP contribution in [0.1, 0.15) is 6.92 Å². The summed E-state index contributed by atoms with van der Waals surface area (Å²) < 4.78 is 0. The van der Waals surface area contributed by atoms with Crippen molar-refractivity contribution in [1.82, 2.24) is 9.97 Å². The molecule has 0 spiro atoms. The van der Waals surface area contributed by atoms with Crippen LogP contribution in [0.3, 0.4) is 0 Å². The average molecular weight is 246 g/mol. The summed E-state index contributed by atoms with van der Waals surface area (Å²) in [6.07, 6.45) is 1.49. The summed E-state index contributed by atoms with van der Waals surface area (Å²) in [5, 5.41) is 4.05. The molecule has 5 heteroatoms. The van der Waals surface area contributed by atoms with Crippen LogP contribution in [0.5, 0.6) is 0 Å². The van der Waals surface area contributed by atoms with E-state index in [2.05, 4.69) is 15.3 Å². The Balaban J connectivity index is 2.29. The Hall–Kier alpha value is -1.75. The molecule has 17 heavy (non-hydrogen) atoms. The van der Waals surface area contributed by atoms with Gasteiger partial charge in [-0.05, 0) is 19.1 Å². The maximum atomic E-state index is 5.83. The zero-order valence-electron chi connectivity index (χ0n) is 9.55. The van der Waals surface area contributed by atoms with Gasteiger partial charge in [-0.25, -0.2) is 9.97 Å². The van der Waals surface area contributed by atoms with Crippen LogP contribution in [0.25, 0.3) is 0 Å². The summed E-state index contributed by atoms with van der Waals surface area (Å²) in [4.78, 5) is 9.38. The molecule has 0 aliphatic heterocycles. The molecule has 0 fully saturated rings. The number of rotatable bonds is 4. The van der Waals surface area contributed by atoms with Crippen LogP contribution < -0.4 is 11.1 Å². The molecule has 0 bridgehead atoms. The summed E-state index contributed by atoms with van der Waals surface area (Å²) in [5.74, 6) is 0.486. The summed E-state index contributed by atoms with van der Waals surface area (Å²) in [5.41, 5.74) is 6.64. The zero-order chi connectivity index (χ0) is 12.1. The maximum Gasteiger partial charge on any atom is 0.151 e. The van der Waals surface area contributed by atoms with E-state index in [-0.39, 0.29) is 0 Å². The minimum Gasteiger partial charge on any atom is -0.382 e. The Morgan fingerprint density at radius 1 is 1.24 bits per heavy atom. The smallest absolute Gasteiger partial charge is 0.151 e. The van der Waals surface area contributed by atoms with Gasteiger partial charge in [0.05, 0.1) is 0 Å². The molecule has 2 rings (SSSR count). The van der Waals surface area contributed by atoms with Crippen molar-refractivity contribution in [1.29, 1.82) is 0 Å². The van der Waals surface area contributed by atoms with Gasteiger partial charge in [0, 0.05) is 11.4 Å². The number of anilines is 2. The van der Waals surface area contributed by atoms with E-state index >= 15 is 0 Å². The quantitative estimate of drug-likeness (QED) is 0.812. The van der Waals surface area contributed by atoms with Crippen LogP contribution in [0, 0.1) is 0 Å². The van der Waals surface area contributed by atoms with Gasteiger partial charge in [-0.15, -0.1) is 0 Å². The number of nitrogens with zero attached hydrogens (tertiary/aromatic N) is 2. The molecular weight excluding hydrogens is 232 g/mol. The minimum absolute atomic E-state index is 0.486. The lowest BCUT2D eigenvalue weighted by Crippen LogP contribution is -2.05. The molecule has 0 atom stereocenters. The summed E-state index contributed by atoms with van der Waals surface area (Å²) in [6, 6.07) is 10.1. The molecule has 1 aromatic heterocycles. The van der Waals surface area contributed by atoms with E-state index in [4.69, 9.17) is 5.73 Å². The Kier molecular flexibility index (Phi) is 3.82. The molecule has 0 saturated heterocycles. The van der Waals surface area contributed by atoms with Crippen molar-refractivity contribution in [2.75, 3.05) is 17.6 Å². The molecule has 0 amide bonds. The lowest BCUT2D eigenvalue weighted by Gasteiger charge is -2.10. The van der Waals surface area contributed by atoms with Crippen molar-refractivity contribution < 1.29 is 0 Å². The van der Waals surface area contributed by atoms with Gasteiger partial charge in [0.2, 0.25) is 0 Å². The topological polar surface area (TPSA) is 63.8 Å². The third-order valence-corrected chi connectivity index (χ3v) is 3.16. The highest BCUT2D eigenvalue weighted by Crippen LogP contribution is 2.33. The van der Waals surface area contributed by atoms with E-state index in [0.29, 0.717) is 5.82 Å². The first kappa shape index (κ1) is 11.7. The molecule has 1 aromatic carbocycles. The highest BCUT2D eigenvalue weighted by atomic mass is 32.2. The van der Waals surface area contributed by atoms with E-state index < -0.39 is 0 Å². The van der Waals surface area contributed by atoms with E-state index in [0.717, 1.165) is 22.2 Å². The molecule has 2 aromatic rings. The standard InChI is InChI=1S/C12H14N4S/c1-2-14-10-11(13)15-8-16-12(10)17-9-6-4-3-5-7-9/h3-8,14H,2H2,1H3,(H2,13,15,16). The van der Waals surface area contributed by atoms with Gasteiger partial charge in [0.15, 0.2) is 5.82 Å². The number of nitrogen functional groups attached to an aromatic ring is 1. The monoisotopic (exact) mass is 246 g/mol. The zero-order valence-corrected chi connectivity index (χ0v) is 10.4. The molecule has 0 aliphatic rings. The van der Waals surface area contributed by atoms with E-state index in [1.54, 1.807) is 11.8 Å². The number of nitrogens with two attached hydrogens (primary N) is 1. The fourth-order valence-electron chi connectivity index (χ4n) is 1.40. The first-order valence-electron chi connectivity index (χ1n) is 5.38. The van der Waals surface area contributed by atoms with E-state index in [1.165, 1.54) is 6.33 Å². The van der Waals surface area contributed by atoms with E-state index in [1.807, 2.05) is 37.3 Å². The van der Waals surface area contributed by atoms with Gasteiger partial charge in [0.25, 0.3) is 0 Å². The number of hydrogen-bond acceptors (Lipinski definition) is 5. The predicted octanol–water partition coefficient (Wildman–Crippen LogP) is 2.64. The SMILES string of the molecule is CCNc1c(N)ncnc1Sc1ccccc1. The van der Waals surface area contributed by atoms with Crippen LogP contribution in [-0.4, -0.2) is 16.5 Å². The lowest BCUT2D eigenvalue weighted by atomic mass is 10.4. The van der Waals surface area contributed by atoms with Crippen molar-refractivity contribution in [3.05, 3.63) is 36.7 Å². The minimum atomic E-state index is 0.486. The first-order valence-corrected chi connectivity index (χ1v) is 6.20. The number of hydrogen-bond donors (Lipinski definition) is 2. The van der Waals surface area contributed by atoms with Gasteiger partial charge < -0.3 is 11.1 Å². The number of benzene rings is 1. The van der Waals surface area contributed by atoms with Gasteiger partial charge >= 0.3 is 0 Å². The summed E-state index contributed by atoms with van der Waals surface area (Å²) in [7, 11) is 0. The van der Waals surface area contributed by atoms with Gasteiger partial charge in [-0.2, -0.15) is 0 Å². The molecule has 0 aliphatic carbocycles. The van der Waals surface area contributed by atoms with Crippen LogP contribution in [-0.2, 0) is 0 Å². The Morgan fingerprint density at radius 2 is 2.00 bits per heavy atom. The first-order chi connectivity index (χ1) is 8.31. The third-order valence-electron chi connectivity index (χ3n) is 2.15. The molecule has 0 unspecified atom stereocenters. The molecule has 0 radical (unpaired) electrons. The van der Waals surface area contributed by atoms with Crippen molar-refractivity contribution in [2.45, 2.75) is 16.8 Å². The maximum absolute atomic E-state index is 5.83. The second-order valence-corrected chi connectivity index (χ2v) is 4.45. The van der Waals surface area contributed by atoms with Crippen molar-refractivity contribution in [3.63, 3.8) is 0 Å². The number of aromatic nitrogens is 2. The largest absolute Gasteiger partial charge is 0.382 e.